The molecule has 0 unspecified atom stereocenters. The van der Waals surface area contributed by atoms with Gasteiger partial charge in [-0.1, -0.05) is 17.3 Å². The van der Waals surface area contributed by atoms with Crippen LogP contribution in [0, 0.1) is 12.3 Å². The summed E-state index contributed by atoms with van der Waals surface area (Å²) in [4.78, 5) is 0. The van der Waals surface area contributed by atoms with Crippen molar-refractivity contribution in [1.82, 2.24) is 15.0 Å². The molecule has 0 aliphatic rings. The van der Waals surface area contributed by atoms with Gasteiger partial charge in [-0.05, 0) is 42.8 Å². The van der Waals surface area contributed by atoms with Crippen molar-refractivity contribution < 1.29 is 0 Å². The number of benzene rings is 2. The van der Waals surface area contributed by atoms with Crippen molar-refractivity contribution in [2.24, 2.45) is 5.73 Å². The number of aromatic nitrogens is 3. The largest absolute Gasteiger partial charge is 0.384 e. The van der Waals surface area contributed by atoms with Crippen molar-refractivity contribution in [2.75, 3.05) is 0 Å². The first-order valence-electron chi connectivity index (χ1n) is 5.92. The number of para-hydroxylation sites is 1. The first-order valence-corrected chi connectivity index (χ1v) is 5.92. The van der Waals surface area contributed by atoms with Gasteiger partial charge in [-0.2, -0.15) is 0 Å². The Morgan fingerprint density at radius 3 is 2.74 bits per heavy atom. The predicted molar refractivity (Wildman–Crippen MR) is 74.6 cm³/mol. The molecule has 2 aromatic carbocycles. The summed E-state index contributed by atoms with van der Waals surface area (Å²) in [5.74, 6) is 0.0677. The van der Waals surface area contributed by atoms with Crippen LogP contribution in [0.25, 0.3) is 16.7 Å². The van der Waals surface area contributed by atoms with Crippen molar-refractivity contribution >= 4 is 16.9 Å². The van der Waals surface area contributed by atoms with Gasteiger partial charge in [-0.25, -0.2) is 4.68 Å². The Labute approximate surface area is 110 Å². The zero-order chi connectivity index (χ0) is 13.4. The van der Waals surface area contributed by atoms with Crippen LogP contribution in [0.1, 0.15) is 11.1 Å². The lowest BCUT2D eigenvalue weighted by Gasteiger charge is -2.08. The van der Waals surface area contributed by atoms with Crippen LogP contribution in [0.5, 0.6) is 0 Å². The minimum Gasteiger partial charge on any atom is -0.384 e. The standard InChI is InChI=1S/C14H13N5/c1-9-8-10(14(15)16)6-7-12(9)19-13-5-3-2-4-11(13)17-18-19/h2-8H,1H3,(H3,15,16). The number of hydrogen-bond donors (Lipinski definition) is 2. The monoisotopic (exact) mass is 251 g/mol. The summed E-state index contributed by atoms with van der Waals surface area (Å²) < 4.78 is 1.80. The van der Waals surface area contributed by atoms with Crippen molar-refractivity contribution in [3.63, 3.8) is 0 Å². The quantitative estimate of drug-likeness (QED) is 0.540. The highest BCUT2D eigenvalue weighted by Crippen LogP contribution is 2.19. The predicted octanol–water partition coefficient (Wildman–Crippen LogP) is 2.01. The van der Waals surface area contributed by atoms with Crippen LogP contribution in [-0.2, 0) is 0 Å². The number of nitrogens with two attached hydrogens (primary N) is 1. The molecule has 3 N–H and O–H groups in total. The molecule has 3 aromatic rings. The summed E-state index contributed by atoms with van der Waals surface area (Å²) in [7, 11) is 0. The molecule has 0 bridgehead atoms. The number of nitrogens with zero attached hydrogens (tertiary/aromatic N) is 3. The van der Waals surface area contributed by atoms with E-state index in [-0.39, 0.29) is 5.84 Å². The molecule has 0 saturated carbocycles. The highest BCUT2D eigenvalue weighted by atomic mass is 15.4. The second-order valence-corrected chi connectivity index (χ2v) is 4.40. The third-order valence-electron chi connectivity index (χ3n) is 3.09. The van der Waals surface area contributed by atoms with Crippen molar-refractivity contribution in [1.29, 1.82) is 5.41 Å². The molecular weight excluding hydrogens is 238 g/mol. The van der Waals surface area contributed by atoms with E-state index < -0.39 is 0 Å². The average molecular weight is 251 g/mol. The van der Waals surface area contributed by atoms with E-state index in [1.54, 1.807) is 4.68 Å². The molecule has 0 aliphatic heterocycles. The Kier molecular flexibility index (Phi) is 2.52. The van der Waals surface area contributed by atoms with Gasteiger partial charge < -0.3 is 5.73 Å². The van der Waals surface area contributed by atoms with Gasteiger partial charge in [0.1, 0.15) is 11.4 Å². The molecule has 19 heavy (non-hydrogen) atoms. The van der Waals surface area contributed by atoms with E-state index in [0.29, 0.717) is 5.56 Å². The van der Waals surface area contributed by atoms with E-state index in [0.717, 1.165) is 22.3 Å². The fraction of sp³-hybridized carbons (Fsp3) is 0.0714. The van der Waals surface area contributed by atoms with Gasteiger partial charge in [-0.3, -0.25) is 5.41 Å². The first kappa shape index (κ1) is 11.4. The first-order chi connectivity index (χ1) is 9.16. The lowest BCUT2D eigenvalue weighted by Crippen LogP contribution is -2.11. The molecule has 94 valence electrons. The Bertz CT molecular complexity index is 772. The molecule has 1 aromatic heterocycles. The van der Waals surface area contributed by atoms with Crippen molar-refractivity contribution in [3.8, 4) is 5.69 Å². The number of hydrogen-bond acceptors (Lipinski definition) is 3. The summed E-state index contributed by atoms with van der Waals surface area (Å²) in [6.45, 7) is 1.97. The van der Waals surface area contributed by atoms with Gasteiger partial charge in [0.25, 0.3) is 0 Å². The maximum atomic E-state index is 7.45. The molecule has 0 atom stereocenters. The lowest BCUT2D eigenvalue weighted by molar-refractivity contribution is 0.819. The maximum Gasteiger partial charge on any atom is 0.122 e. The van der Waals surface area contributed by atoms with Crippen molar-refractivity contribution in [2.45, 2.75) is 6.92 Å². The molecule has 0 saturated heterocycles. The van der Waals surface area contributed by atoms with Gasteiger partial charge in [0.2, 0.25) is 0 Å². The number of nitrogens with one attached hydrogen (secondary N) is 1. The number of rotatable bonds is 2. The Morgan fingerprint density at radius 2 is 2.00 bits per heavy atom. The van der Waals surface area contributed by atoms with Gasteiger partial charge in [0.15, 0.2) is 0 Å². The third-order valence-corrected chi connectivity index (χ3v) is 3.09. The molecule has 0 spiro atoms. The summed E-state index contributed by atoms with van der Waals surface area (Å²) in [6, 6.07) is 13.4. The molecule has 3 rings (SSSR count). The van der Waals surface area contributed by atoms with Crippen LogP contribution >= 0.6 is 0 Å². The fourth-order valence-electron chi connectivity index (χ4n) is 2.11. The molecule has 0 fully saturated rings. The second-order valence-electron chi connectivity index (χ2n) is 4.40. The van der Waals surface area contributed by atoms with Crippen LogP contribution < -0.4 is 5.73 Å². The van der Waals surface area contributed by atoms with Gasteiger partial charge in [0.05, 0.1) is 11.2 Å². The van der Waals surface area contributed by atoms with Crippen LogP contribution in [0.4, 0.5) is 0 Å². The zero-order valence-corrected chi connectivity index (χ0v) is 10.5. The minimum atomic E-state index is 0.0677. The van der Waals surface area contributed by atoms with E-state index in [2.05, 4.69) is 10.3 Å². The Morgan fingerprint density at radius 1 is 1.21 bits per heavy atom. The summed E-state index contributed by atoms with van der Waals surface area (Å²) in [5.41, 5.74) is 9.97. The van der Waals surface area contributed by atoms with E-state index >= 15 is 0 Å². The maximum absolute atomic E-state index is 7.45. The molecule has 5 nitrogen and oxygen atoms in total. The van der Waals surface area contributed by atoms with E-state index in [9.17, 15) is 0 Å². The smallest absolute Gasteiger partial charge is 0.122 e. The van der Waals surface area contributed by atoms with E-state index in [1.165, 1.54) is 0 Å². The molecule has 0 aliphatic carbocycles. The molecule has 5 heteroatoms. The summed E-state index contributed by atoms with van der Waals surface area (Å²) in [5, 5.41) is 15.8. The number of fused-ring (bicyclic) bond motifs is 1. The molecule has 1 heterocycles. The fourth-order valence-corrected chi connectivity index (χ4v) is 2.11. The Balaban J connectivity index is 2.19. The highest BCUT2D eigenvalue weighted by molar-refractivity contribution is 5.95. The van der Waals surface area contributed by atoms with Crippen LogP contribution in [0.3, 0.4) is 0 Å². The minimum absolute atomic E-state index is 0.0677. The topological polar surface area (TPSA) is 80.6 Å². The lowest BCUT2D eigenvalue weighted by atomic mass is 10.1. The third kappa shape index (κ3) is 1.85. The molecule has 0 amide bonds. The van der Waals surface area contributed by atoms with E-state index in [4.69, 9.17) is 11.1 Å². The van der Waals surface area contributed by atoms with E-state index in [1.807, 2.05) is 49.4 Å². The van der Waals surface area contributed by atoms with Gasteiger partial charge in [0, 0.05) is 5.56 Å². The number of nitrogen functional groups attached to an aromatic ring is 1. The summed E-state index contributed by atoms with van der Waals surface area (Å²) in [6.07, 6.45) is 0. The highest BCUT2D eigenvalue weighted by Gasteiger charge is 2.09. The van der Waals surface area contributed by atoms with Gasteiger partial charge >= 0.3 is 0 Å². The van der Waals surface area contributed by atoms with Gasteiger partial charge in [-0.15, -0.1) is 5.10 Å². The second kappa shape index (κ2) is 4.20. The average Bonchev–Trinajstić information content (AvgIpc) is 2.82. The van der Waals surface area contributed by atoms with Crippen LogP contribution in [0.15, 0.2) is 42.5 Å². The van der Waals surface area contributed by atoms with Crippen molar-refractivity contribution in [3.05, 3.63) is 53.6 Å². The zero-order valence-electron chi connectivity index (χ0n) is 10.5. The SMILES string of the molecule is Cc1cc(C(=N)N)ccc1-n1nnc2ccccc21. The van der Waals surface area contributed by atoms with Crippen LogP contribution in [-0.4, -0.2) is 20.8 Å². The van der Waals surface area contributed by atoms with Crippen LogP contribution in [0.2, 0.25) is 0 Å². The summed E-state index contributed by atoms with van der Waals surface area (Å²) >= 11 is 0. The molecular formula is C14H13N5. The number of aryl methyl sites for hydroxylation is 1. The number of amidine groups is 1. The normalized spacial score (nSPS) is 10.8. The molecule has 0 radical (unpaired) electrons. The Hall–Kier alpha value is -2.69.